The Morgan fingerprint density at radius 1 is 1.22 bits per heavy atom. The summed E-state index contributed by atoms with van der Waals surface area (Å²) in [6.45, 7) is 4.22. The Morgan fingerprint density at radius 3 is 2.67 bits per heavy atom. The van der Waals surface area contributed by atoms with Gasteiger partial charge < -0.3 is 5.32 Å². The van der Waals surface area contributed by atoms with Crippen LogP contribution in [0.25, 0.3) is 0 Å². The third-order valence-corrected chi connectivity index (χ3v) is 7.04. The number of sulfone groups is 1. The van der Waals surface area contributed by atoms with Crippen LogP contribution in [-0.2, 0) is 16.4 Å². The third kappa shape index (κ3) is 4.95. The zero-order valence-corrected chi connectivity index (χ0v) is 16.6. The summed E-state index contributed by atoms with van der Waals surface area (Å²) in [5.74, 6) is -0.388. The number of carbonyl (C=O) groups is 1. The summed E-state index contributed by atoms with van der Waals surface area (Å²) in [6, 6.07) is 2.11. The van der Waals surface area contributed by atoms with Gasteiger partial charge >= 0.3 is 0 Å². The van der Waals surface area contributed by atoms with Gasteiger partial charge in [-0.05, 0) is 38.4 Å². The van der Waals surface area contributed by atoms with Crippen LogP contribution < -0.4 is 10.9 Å². The second kappa shape index (κ2) is 8.52. The first-order valence-electron chi connectivity index (χ1n) is 9.73. The van der Waals surface area contributed by atoms with Gasteiger partial charge in [-0.3, -0.25) is 14.5 Å². The lowest BCUT2D eigenvalue weighted by Crippen LogP contribution is -2.52. The Morgan fingerprint density at radius 2 is 1.96 bits per heavy atom. The van der Waals surface area contributed by atoms with Gasteiger partial charge in [0.05, 0.1) is 17.5 Å². The van der Waals surface area contributed by atoms with Gasteiger partial charge in [0.25, 0.3) is 11.5 Å². The fraction of sp³-hybridized carbons (Fsp3) is 0.722. The highest BCUT2D eigenvalue weighted by Crippen LogP contribution is 2.22. The minimum absolute atomic E-state index is 0.0462. The first-order chi connectivity index (χ1) is 12.9. The smallest absolute Gasteiger partial charge is 0.272 e. The highest BCUT2D eigenvalue weighted by Gasteiger charge is 2.42. The van der Waals surface area contributed by atoms with Crippen molar-refractivity contribution in [2.75, 3.05) is 24.6 Å². The van der Waals surface area contributed by atoms with E-state index in [2.05, 4.69) is 15.3 Å². The molecule has 1 aromatic heterocycles. The number of amides is 1. The molecule has 9 heteroatoms. The van der Waals surface area contributed by atoms with Crippen molar-refractivity contribution in [2.24, 2.45) is 0 Å². The molecule has 2 unspecified atom stereocenters. The van der Waals surface area contributed by atoms with Gasteiger partial charge in [0.15, 0.2) is 9.84 Å². The van der Waals surface area contributed by atoms with Crippen molar-refractivity contribution in [3.8, 4) is 0 Å². The Kier molecular flexibility index (Phi) is 6.31. The van der Waals surface area contributed by atoms with Gasteiger partial charge in [0.2, 0.25) is 0 Å². The monoisotopic (exact) mass is 396 g/mol. The first kappa shape index (κ1) is 20.0. The molecule has 2 aliphatic rings. The Hall–Kier alpha value is -1.74. The van der Waals surface area contributed by atoms with Crippen molar-refractivity contribution < 1.29 is 13.2 Å². The predicted octanol–water partition coefficient (Wildman–Crippen LogP) is 0.425. The van der Waals surface area contributed by atoms with Crippen LogP contribution in [0.4, 0.5) is 0 Å². The van der Waals surface area contributed by atoms with Gasteiger partial charge in [0, 0.05) is 18.7 Å². The van der Waals surface area contributed by atoms with Crippen LogP contribution in [0.1, 0.15) is 49.5 Å². The predicted molar refractivity (Wildman–Crippen MR) is 103 cm³/mol. The lowest BCUT2D eigenvalue weighted by atomic mass is 10.0. The maximum absolute atomic E-state index is 12.7. The normalized spacial score (nSPS) is 25.4. The maximum atomic E-state index is 12.7. The van der Waals surface area contributed by atoms with E-state index in [0.29, 0.717) is 6.54 Å². The zero-order valence-electron chi connectivity index (χ0n) is 15.8. The largest absolute Gasteiger partial charge is 0.345 e. The number of hydrogen-bond donors (Lipinski definition) is 1. The van der Waals surface area contributed by atoms with Crippen LogP contribution in [-0.4, -0.2) is 65.7 Å². The number of aryl methyl sites for hydroxylation is 1. The molecule has 27 heavy (non-hydrogen) atoms. The molecule has 3 heterocycles. The molecule has 2 fully saturated rings. The van der Waals surface area contributed by atoms with Crippen molar-refractivity contribution in [1.82, 2.24) is 20.0 Å². The zero-order chi connectivity index (χ0) is 19.4. The summed E-state index contributed by atoms with van der Waals surface area (Å²) >= 11 is 0. The molecule has 3 rings (SSSR count). The molecule has 0 aliphatic carbocycles. The van der Waals surface area contributed by atoms with Gasteiger partial charge in [-0.15, -0.1) is 0 Å². The van der Waals surface area contributed by atoms with Crippen LogP contribution in [0.5, 0.6) is 0 Å². The minimum Gasteiger partial charge on any atom is -0.345 e. The van der Waals surface area contributed by atoms with Gasteiger partial charge in [0.1, 0.15) is 5.69 Å². The average Bonchev–Trinajstić information content (AvgIpc) is 2.96. The molecule has 0 saturated carbocycles. The van der Waals surface area contributed by atoms with E-state index in [0.717, 1.165) is 45.2 Å². The molecule has 0 spiro atoms. The molecule has 1 amide bonds. The number of nitrogens with zero attached hydrogens (tertiary/aromatic N) is 3. The molecule has 0 aromatic carbocycles. The number of piperidine rings is 1. The van der Waals surface area contributed by atoms with Crippen LogP contribution in [0.2, 0.25) is 0 Å². The van der Waals surface area contributed by atoms with Crippen molar-refractivity contribution in [3.05, 3.63) is 28.2 Å². The molecule has 150 valence electrons. The number of aromatic nitrogens is 2. The molecule has 2 saturated heterocycles. The Balaban J connectivity index is 1.74. The minimum atomic E-state index is -3.18. The fourth-order valence-electron chi connectivity index (χ4n) is 3.86. The molecule has 2 atom stereocenters. The number of nitrogens with one attached hydrogen (secondary N) is 1. The number of hydrogen-bond acceptors (Lipinski definition) is 6. The summed E-state index contributed by atoms with van der Waals surface area (Å²) in [6.07, 6.45) is 5.00. The van der Waals surface area contributed by atoms with Gasteiger partial charge in [-0.1, -0.05) is 19.8 Å². The summed E-state index contributed by atoms with van der Waals surface area (Å²) in [5.41, 5.74) is -0.0953. The van der Waals surface area contributed by atoms with E-state index in [1.807, 2.05) is 6.92 Å². The number of rotatable bonds is 6. The highest BCUT2D eigenvalue weighted by molar-refractivity contribution is 7.91. The topological polar surface area (TPSA) is 101 Å². The average molecular weight is 397 g/mol. The molecule has 1 aromatic rings. The molecule has 0 radical (unpaired) electrons. The van der Waals surface area contributed by atoms with Crippen molar-refractivity contribution in [2.45, 2.75) is 57.7 Å². The SMILES string of the molecule is CCCCn1nc(C(=O)NC2CS(=O)(=O)CC2N2CCCCC2)ccc1=O. The molecule has 1 N–H and O–H groups in total. The van der Waals surface area contributed by atoms with Crippen molar-refractivity contribution in [3.63, 3.8) is 0 Å². The van der Waals surface area contributed by atoms with Gasteiger partial charge in [-0.2, -0.15) is 5.10 Å². The van der Waals surface area contributed by atoms with Crippen molar-refractivity contribution in [1.29, 1.82) is 0 Å². The number of likely N-dealkylation sites (tertiary alicyclic amines) is 1. The first-order valence-corrected chi connectivity index (χ1v) is 11.6. The van der Waals surface area contributed by atoms with E-state index in [-0.39, 0.29) is 28.8 Å². The second-order valence-corrected chi connectivity index (χ2v) is 9.61. The standard InChI is InChI=1S/C18H28N4O4S/c1-2-3-11-22-17(23)8-7-14(20-22)18(24)19-15-12-27(25,26)13-16(15)21-9-5-4-6-10-21/h7-8,15-16H,2-6,9-13H2,1H3,(H,19,24). The lowest BCUT2D eigenvalue weighted by molar-refractivity contribution is 0.0892. The molecule has 2 aliphatic heterocycles. The van der Waals surface area contributed by atoms with E-state index in [9.17, 15) is 18.0 Å². The van der Waals surface area contributed by atoms with Crippen LogP contribution in [0.3, 0.4) is 0 Å². The molecular weight excluding hydrogens is 368 g/mol. The molecular formula is C18H28N4O4S. The molecule has 8 nitrogen and oxygen atoms in total. The van der Waals surface area contributed by atoms with E-state index in [1.165, 1.54) is 16.8 Å². The van der Waals surface area contributed by atoms with Gasteiger partial charge in [-0.25, -0.2) is 13.1 Å². The quantitative estimate of drug-likeness (QED) is 0.748. The highest BCUT2D eigenvalue weighted by atomic mass is 32.2. The van der Waals surface area contributed by atoms with Crippen molar-refractivity contribution >= 4 is 15.7 Å². The van der Waals surface area contributed by atoms with Crippen LogP contribution in [0.15, 0.2) is 16.9 Å². The third-order valence-electron chi connectivity index (χ3n) is 5.32. The van der Waals surface area contributed by atoms with E-state index < -0.39 is 21.8 Å². The summed E-state index contributed by atoms with van der Waals surface area (Å²) in [5, 5.41) is 7.02. The van der Waals surface area contributed by atoms with Crippen LogP contribution in [0, 0.1) is 0 Å². The fourth-order valence-corrected chi connectivity index (χ4v) is 5.81. The number of unbranched alkanes of at least 4 members (excludes halogenated alkanes) is 1. The van der Waals surface area contributed by atoms with Crippen LogP contribution >= 0.6 is 0 Å². The second-order valence-electron chi connectivity index (χ2n) is 7.45. The van der Waals surface area contributed by atoms with E-state index in [4.69, 9.17) is 0 Å². The summed E-state index contributed by atoms with van der Waals surface area (Å²) in [4.78, 5) is 26.7. The van der Waals surface area contributed by atoms with E-state index >= 15 is 0 Å². The molecule has 0 bridgehead atoms. The Bertz CT molecular complexity index is 830. The number of carbonyl (C=O) groups excluding carboxylic acids is 1. The van der Waals surface area contributed by atoms with E-state index in [1.54, 1.807) is 0 Å². The summed E-state index contributed by atoms with van der Waals surface area (Å²) < 4.78 is 25.7. The summed E-state index contributed by atoms with van der Waals surface area (Å²) in [7, 11) is -3.18. The lowest BCUT2D eigenvalue weighted by Gasteiger charge is -2.34. The Labute approximate surface area is 159 Å². The maximum Gasteiger partial charge on any atom is 0.272 e.